The van der Waals surface area contributed by atoms with Gasteiger partial charge in [-0.25, -0.2) is 0 Å². The molecule has 4 nitrogen and oxygen atoms in total. The summed E-state index contributed by atoms with van der Waals surface area (Å²) in [6.45, 7) is 4.28. The molecule has 0 bridgehead atoms. The number of ketones is 1. The molecular formula is C17H28N2O2. The number of nitrogens with zero attached hydrogens (tertiary/aromatic N) is 2. The average molecular weight is 292 g/mol. The van der Waals surface area contributed by atoms with Gasteiger partial charge in [0.05, 0.1) is 12.1 Å². The number of ether oxygens (including phenoxy) is 1. The fourth-order valence-electron chi connectivity index (χ4n) is 3.13. The number of hydrogen-bond donors (Lipinski definition) is 0. The van der Waals surface area contributed by atoms with Gasteiger partial charge in [0.2, 0.25) is 0 Å². The van der Waals surface area contributed by atoms with Crippen molar-refractivity contribution in [2.45, 2.75) is 76.9 Å². The summed E-state index contributed by atoms with van der Waals surface area (Å²) in [4.78, 5) is 12.7. The van der Waals surface area contributed by atoms with E-state index in [4.69, 9.17) is 4.74 Å². The highest BCUT2D eigenvalue weighted by Gasteiger charge is 2.38. The van der Waals surface area contributed by atoms with Crippen LogP contribution in [0.5, 0.6) is 0 Å². The molecule has 1 aromatic heterocycles. The minimum absolute atomic E-state index is 0.196. The van der Waals surface area contributed by atoms with Crippen molar-refractivity contribution in [3.05, 3.63) is 18.0 Å². The smallest absolute Gasteiger partial charge is 0.170 e. The number of aromatic nitrogens is 2. The molecule has 0 saturated heterocycles. The first kappa shape index (κ1) is 16.2. The first-order valence-corrected chi connectivity index (χ1v) is 8.24. The van der Waals surface area contributed by atoms with Gasteiger partial charge in [0.15, 0.2) is 5.78 Å². The molecule has 1 fully saturated rings. The maximum Gasteiger partial charge on any atom is 0.170 e. The van der Waals surface area contributed by atoms with Crippen molar-refractivity contribution in [1.29, 1.82) is 0 Å². The van der Waals surface area contributed by atoms with Crippen LogP contribution in [0.25, 0.3) is 0 Å². The van der Waals surface area contributed by atoms with Crippen molar-refractivity contribution in [3.63, 3.8) is 0 Å². The highest BCUT2D eigenvalue weighted by molar-refractivity contribution is 5.89. The molecule has 4 heteroatoms. The zero-order valence-corrected chi connectivity index (χ0v) is 13.6. The van der Waals surface area contributed by atoms with Crippen molar-refractivity contribution in [3.8, 4) is 0 Å². The van der Waals surface area contributed by atoms with Gasteiger partial charge in [-0.2, -0.15) is 5.10 Å². The fraction of sp³-hybridized carbons (Fsp3) is 0.765. The standard InChI is InChI=1S/C17H28N2O2/c1-4-14(2)19-12-9-15(18-19)13-16(20)17(21-3)10-7-5-6-8-11-17/h9,12,14H,4-8,10-11,13H2,1-3H3. The van der Waals surface area contributed by atoms with Gasteiger partial charge in [-0.3, -0.25) is 9.48 Å². The second-order valence-electron chi connectivity index (χ2n) is 6.26. The van der Waals surface area contributed by atoms with E-state index in [1.807, 2.05) is 16.9 Å². The first-order chi connectivity index (χ1) is 10.1. The third-order valence-corrected chi connectivity index (χ3v) is 4.86. The molecule has 0 aliphatic heterocycles. The SMILES string of the molecule is CCC(C)n1ccc(CC(=O)C2(OC)CCCCCC2)n1. The minimum atomic E-state index is -0.573. The van der Waals surface area contributed by atoms with Crippen molar-refractivity contribution in [2.24, 2.45) is 0 Å². The molecule has 0 radical (unpaired) electrons. The summed E-state index contributed by atoms with van der Waals surface area (Å²) >= 11 is 0. The molecule has 1 atom stereocenters. The molecule has 21 heavy (non-hydrogen) atoms. The number of carbonyl (C=O) groups excluding carboxylic acids is 1. The number of carbonyl (C=O) groups is 1. The van der Waals surface area contributed by atoms with Crippen LogP contribution in [0, 0.1) is 0 Å². The van der Waals surface area contributed by atoms with Gasteiger partial charge in [-0.1, -0.05) is 32.6 Å². The molecule has 2 rings (SSSR count). The molecule has 0 aromatic carbocycles. The second kappa shape index (κ2) is 7.21. The highest BCUT2D eigenvalue weighted by Crippen LogP contribution is 2.31. The van der Waals surface area contributed by atoms with Gasteiger partial charge in [0.25, 0.3) is 0 Å². The molecule has 118 valence electrons. The van der Waals surface area contributed by atoms with Gasteiger partial charge >= 0.3 is 0 Å². The Hall–Kier alpha value is -1.16. The van der Waals surface area contributed by atoms with Crippen LogP contribution >= 0.6 is 0 Å². The normalized spacial score (nSPS) is 20.0. The van der Waals surface area contributed by atoms with E-state index in [1.54, 1.807) is 7.11 Å². The molecule has 1 aliphatic carbocycles. The van der Waals surface area contributed by atoms with Gasteiger partial charge in [0, 0.05) is 19.3 Å². The lowest BCUT2D eigenvalue weighted by Gasteiger charge is -2.29. The topological polar surface area (TPSA) is 44.1 Å². The lowest BCUT2D eigenvalue weighted by molar-refractivity contribution is -0.142. The quantitative estimate of drug-likeness (QED) is 0.751. The van der Waals surface area contributed by atoms with Crippen LogP contribution in [0.4, 0.5) is 0 Å². The lowest BCUT2D eigenvalue weighted by Crippen LogP contribution is -2.41. The molecule has 1 heterocycles. The largest absolute Gasteiger partial charge is 0.370 e. The Morgan fingerprint density at radius 2 is 2.05 bits per heavy atom. The number of methoxy groups -OCH3 is 1. The molecular weight excluding hydrogens is 264 g/mol. The van der Waals surface area contributed by atoms with Crippen molar-refractivity contribution in [2.75, 3.05) is 7.11 Å². The summed E-state index contributed by atoms with van der Waals surface area (Å²) in [5.41, 5.74) is 0.289. The predicted octanol–water partition coefficient (Wildman–Crippen LogP) is 3.71. The zero-order valence-electron chi connectivity index (χ0n) is 13.6. The van der Waals surface area contributed by atoms with Crippen molar-refractivity contribution in [1.82, 2.24) is 9.78 Å². The Morgan fingerprint density at radius 3 is 2.62 bits per heavy atom. The van der Waals surface area contributed by atoms with Gasteiger partial charge in [-0.15, -0.1) is 0 Å². The molecule has 1 aromatic rings. The predicted molar refractivity (Wildman–Crippen MR) is 83.4 cm³/mol. The van der Waals surface area contributed by atoms with Crippen LogP contribution < -0.4 is 0 Å². The molecule has 0 spiro atoms. The zero-order chi connectivity index (χ0) is 15.3. The molecule has 0 N–H and O–H groups in total. The van der Waals surface area contributed by atoms with Crippen LogP contribution in [0.2, 0.25) is 0 Å². The summed E-state index contributed by atoms with van der Waals surface area (Å²) in [6, 6.07) is 2.34. The summed E-state index contributed by atoms with van der Waals surface area (Å²) in [6.07, 6.45) is 9.70. The van der Waals surface area contributed by atoms with E-state index < -0.39 is 5.60 Å². The second-order valence-corrected chi connectivity index (χ2v) is 6.26. The Kier molecular flexibility index (Phi) is 5.57. The van der Waals surface area contributed by atoms with E-state index >= 15 is 0 Å². The van der Waals surface area contributed by atoms with E-state index in [9.17, 15) is 4.79 Å². The average Bonchev–Trinajstić information content (AvgIpc) is 2.82. The maximum atomic E-state index is 12.7. The Labute approximate surface area is 127 Å². The summed E-state index contributed by atoms with van der Waals surface area (Å²) in [5, 5.41) is 4.54. The minimum Gasteiger partial charge on any atom is -0.370 e. The molecule has 1 unspecified atom stereocenters. The third-order valence-electron chi connectivity index (χ3n) is 4.86. The van der Waals surface area contributed by atoms with Gasteiger partial charge in [-0.05, 0) is 32.3 Å². The highest BCUT2D eigenvalue weighted by atomic mass is 16.5. The molecule has 1 aliphatic rings. The Morgan fingerprint density at radius 1 is 1.38 bits per heavy atom. The Balaban J connectivity index is 2.06. The first-order valence-electron chi connectivity index (χ1n) is 8.24. The van der Waals surface area contributed by atoms with E-state index in [2.05, 4.69) is 18.9 Å². The van der Waals surface area contributed by atoms with Crippen molar-refractivity contribution >= 4 is 5.78 Å². The van der Waals surface area contributed by atoms with Gasteiger partial charge in [0.1, 0.15) is 5.60 Å². The number of rotatable bonds is 6. The third kappa shape index (κ3) is 3.73. The monoisotopic (exact) mass is 292 g/mol. The van der Waals surface area contributed by atoms with E-state index in [0.717, 1.165) is 37.8 Å². The van der Waals surface area contributed by atoms with Gasteiger partial charge < -0.3 is 4.74 Å². The van der Waals surface area contributed by atoms with E-state index in [1.165, 1.54) is 12.8 Å². The number of hydrogen-bond acceptors (Lipinski definition) is 3. The van der Waals surface area contributed by atoms with Crippen LogP contribution in [0.3, 0.4) is 0 Å². The Bertz CT molecular complexity index is 459. The van der Waals surface area contributed by atoms with Crippen LogP contribution in [-0.2, 0) is 16.0 Å². The molecule has 0 amide bonds. The maximum absolute atomic E-state index is 12.7. The van der Waals surface area contributed by atoms with E-state index in [-0.39, 0.29) is 5.78 Å². The summed E-state index contributed by atoms with van der Waals surface area (Å²) in [7, 11) is 1.68. The van der Waals surface area contributed by atoms with Crippen molar-refractivity contribution < 1.29 is 9.53 Å². The molecule has 1 saturated carbocycles. The summed E-state index contributed by atoms with van der Waals surface area (Å²) < 4.78 is 7.64. The van der Waals surface area contributed by atoms with E-state index in [0.29, 0.717) is 12.5 Å². The lowest BCUT2D eigenvalue weighted by atomic mass is 9.87. The summed E-state index contributed by atoms with van der Waals surface area (Å²) in [5.74, 6) is 0.196. The van der Waals surface area contributed by atoms with Crippen LogP contribution in [-0.4, -0.2) is 28.3 Å². The van der Waals surface area contributed by atoms with Crippen LogP contribution in [0.1, 0.15) is 70.5 Å². The number of Topliss-reactive ketones (excluding diaryl/α,β-unsaturated/α-hetero) is 1. The van der Waals surface area contributed by atoms with Crippen LogP contribution in [0.15, 0.2) is 12.3 Å². The fourth-order valence-corrected chi connectivity index (χ4v) is 3.13.